The van der Waals surface area contributed by atoms with Crippen LogP contribution in [0.5, 0.6) is 0 Å². The van der Waals surface area contributed by atoms with Crippen LogP contribution in [0.3, 0.4) is 0 Å². The molecule has 3 heterocycles. The fraction of sp³-hybridized carbons (Fsp3) is 0.0833. The molecule has 0 bridgehead atoms. The van der Waals surface area contributed by atoms with E-state index >= 15 is 0 Å². The van der Waals surface area contributed by atoms with Crippen molar-refractivity contribution in [3.63, 3.8) is 0 Å². The Morgan fingerprint density at radius 3 is 2.81 bits per heavy atom. The lowest BCUT2D eigenvalue weighted by atomic mass is 10.5. The normalized spacial score (nSPS) is 11.9. The number of hydrogen-bond acceptors (Lipinski definition) is 5. The minimum atomic E-state index is -3.67. The van der Waals surface area contributed by atoms with E-state index in [0.717, 1.165) is 0 Å². The molecule has 0 aromatic carbocycles. The summed E-state index contributed by atoms with van der Waals surface area (Å²) in [7, 11) is -3.67. The third-order valence-electron chi connectivity index (χ3n) is 2.82. The molecule has 0 aliphatic carbocycles. The van der Waals surface area contributed by atoms with Crippen molar-refractivity contribution in [1.29, 1.82) is 0 Å². The quantitative estimate of drug-likeness (QED) is 0.730. The molecule has 0 amide bonds. The minimum Gasteiger partial charge on any atom is -0.285 e. The number of pyridine rings is 2. The molecule has 0 saturated heterocycles. The Morgan fingerprint density at radius 2 is 2.05 bits per heavy atom. The predicted octanol–water partition coefficient (Wildman–Crippen LogP) is 1.26. The molecule has 1 N–H and O–H groups in total. The molecule has 21 heavy (non-hydrogen) atoms. The van der Waals surface area contributed by atoms with Crippen LogP contribution in [0.15, 0.2) is 47.6 Å². The van der Waals surface area contributed by atoms with Crippen molar-refractivity contribution in [1.82, 2.24) is 24.3 Å². The molecule has 9 heteroatoms. The van der Waals surface area contributed by atoms with Crippen molar-refractivity contribution in [3.05, 3.63) is 53.7 Å². The van der Waals surface area contributed by atoms with Crippen LogP contribution >= 0.6 is 11.6 Å². The molecule has 0 aliphatic rings. The highest BCUT2D eigenvalue weighted by atomic mass is 35.5. The van der Waals surface area contributed by atoms with Gasteiger partial charge in [0.05, 0.1) is 6.54 Å². The van der Waals surface area contributed by atoms with Gasteiger partial charge in [-0.2, -0.15) is 0 Å². The molecule has 0 radical (unpaired) electrons. The maximum absolute atomic E-state index is 12.1. The number of nitrogens with zero attached hydrogens (tertiary/aromatic N) is 4. The molecule has 3 rings (SSSR count). The molecule has 0 fully saturated rings. The van der Waals surface area contributed by atoms with E-state index in [9.17, 15) is 8.42 Å². The standard InChI is InChI=1S/C12H10ClN5O2S/c13-10-5-4-9(7-14-10)21(19,20)15-8-12-17-16-11-3-1-2-6-18(11)12/h1-7,15H,8H2. The Bertz CT molecular complexity index is 876. The summed E-state index contributed by atoms with van der Waals surface area (Å²) in [4.78, 5) is 3.80. The molecule has 0 unspecified atom stereocenters. The highest BCUT2D eigenvalue weighted by Crippen LogP contribution is 2.11. The van der Waals surface area contributed by atoms with Crippen LogP contribution < -0.4 is 4.72 Å². The third-order valence-corrected chi connectivity index (χ3v) is 4.43. The van der Waals surface area contributed by atoms with Crippen LogP contribution in [0, 0.1) is 0 Å². The van der Waals surface area contributed by atoms with E-state index in [1.807, 2.05) is 12.1 Å². The van der Waals surface area contributed by atoms with Crippen LogP contribution in [0.4, 0.5) is 0 Å². The molecule has 0 aliphatic heterocycles. The number of fused-ring (bicyclic) bond motifs is 1. The van der Waals surface area contributed by atoms with E-state index in [0.29, 0.717) is 11.5 Å². The topological polar surface area (TPSA) is 89.2 Å². The monoisotopic (exact) mass is 323 g/mol. The highest BCUT2D eigenvalue weighted by Gasteiger charge is 2.15. The van der Waals surface area contributed by atoms with E-state index < -0.39 is 10.0 Å². The zero-order chi connectivity index (χ0) is 14.9. The summed E-state index contributed by atoms with van der Waals surface area (Å²) in [5, 5.41) is 8.14. The fourth-order valence-corrected chi connectivity index (χ4v) is 2.81. The first-order valence-corrected chi connectivity index (χ1v) is 7.82. The lowest BCUT2D eigenvalue weighted by Gasteiger charge is -2.05. The Kier molecular flexibility index (Phi) is 3.58. The van der Waals surface area contributed by atoms with Gasteiger partial charge in [-0.15, -0.1) is 10.2 Å². The summed E-state index contributed by atoms with van der Waals surface area (Å²) >= 11 is 5.64. The summed E-state index contributed by atoms with van der Waals surface area (Å²) in [6.07, 6.45) is 2.97. The molecule has 0 spiro atoms. The zero-order valence-corrected chi connectivity index (χ0v) is 12.2. The van der Waals surface area contributed by atoms with E-state index in [4.69, 9.17) is 11.6 Å². The largest absolute Gasteiger partial charge is 0.285 e. The SMILES string of the molecule is O=S(=O)(NCc1nnc2ccccn12)c1ccc(Cl)nc1. The van der Waals surface area contributed by atoms with Gasteiger partial charge in [-0.25, -0.2) is 18.1 Å². The van der Waals surface area contributed by atoms with Crippen LogP contribution in [-0.2, 0) is 16.6 Å². The number of rotatable bonds is 4. The number of nitrogens with one attached hydrogen (secondary N) is 1. The maximum atomic E-state index is 12.1. The van der Waals surface area contributed by atoms with E-state index in [2.05, 4.69) is 19.9 Å². The van der Waals surface area contributed by atoms with Crippen LogP contribution in [0.1, 0.15) is 5.82 Å². The van der Waals surface area contributed by atoms with Gasteiger partial charge in [0.1, 0.15) is 10.0 Å². The zero-order valence-electron chi connectivity index (χ0n) is 10.6. The number of aromatic nitrogens is 4. The fourth-order valence-electron chi connectivity index (χ4n) is 1.78. The van der Waals surface area contributed by atoms with Gasteiger partial charge in [0.2, 0.25) is 10.0 Å². The Labute approximate surface area is 125 Å². The Morgan fingerprint density at radius 1 is 1.19 bits per heavy atom. The van der Waals surface area contributed by atoms with E-state index in [-0.39, 0.29) is 16.6 Å². The first-order chi connectivity index (χ1) is 10.1. The Balaban J connectivity index is 1.82. The summed E-state index contributed by atoms with van der Waals surface area (Å²) < 4.78 is 28.4. The summed E-state index contributed by atoms with van der Waals surface area (Å²) in [5.41, 5.74) is 0.653. The first-order valence-electron chi connectivity index (χ1n) is 5.96. The van der Waals surface area contributed by atoms with Crippen molar-refractivity contribution < 1.29 is 8.42 Å². The number of halogens is 1. The summed E-state index contributed by atoms with van der Waals surface area (Å²) in [6, 6.07) is 8.24. The molecule has 3 aromatic heterocycles. The molecule has 7 nitrogen and oxygen atoms in total. The molecule has 0 saturated carbocycles. The summed E-state index contributed by atoms with van der Waals surface area (Å²) in [6.45, 7) is 0.0239. The predicted molar refractivity (Wildman–Crippen MR) is 76.3 cm³/mol. The summed E-state index contributed by atoms with van der Waals surface area (Å²) in [5.74, 6) is 0.496. The van der Waals surface area contributed by atoms with Gasteiger partial charge in [0.15, 0.2) is 11.5 Å². The van der Waals surface area contributed by atoms with Crippen molar-refractivity contribution in [2.24, 2.45) is 0 Å². The van der Waals surface area contributed by atoms with Gasteiger partial charge < -0.3 is 0 Å². The lowest BCUT2D eigenvalue weighted by Crippen LogP contribution is -2.24. The van der Waals surface area contributed by atoms with Gasteiger partial charge in [-0.3, -0.25) is 4.40 Å². The third kappa shape index (κ3) is 2.87. The van der Waals surface area contributed by atoms with Crippen LogP contribution in [0.2, 0.25) is 5.15 Å². The molecule has 3 aromatic rings. The van der Waals surface area contributed by atoms with E-state index in [1.165, 1.54) is 18.3 Å². The maximum Gasteiger partial charge on any atom is 0.242 e. The van der Waals surface area contributed by atoms with Crippen molar-refractivity contribution in [3.8, 4) is 0 Å². The second kappa shape index (κ2) is 5.40. The smallest absolute Gasteiger partial charge is 0.242 e. The number of hydrogen-bond donors (Lipinski definition) is 1. The second-order valence-electron chi connectivity index (χ2n) is 4.19. The van der Waals surface area contributed by atoms with Crippen LogP contribution in [0.25, 0.3) is 5.65 Å². The van der Waals surface area contributed by atoms with E-state index in [1.54, 1.807) is 16.7 Å². The van der Waals surface area contributed by atoms with Crippen molar-refractivity contribution in [2.75, 3.05) is 0 Å². The van der Waals surface area contributed by atoms with Crippen LogP contribution in [-0.4, -0.2) is 28.0 Å². The molecular weight excluding hydrogens is 314 g/mol. The lowest BCUT2D eigenvalue weighted by molar-refractivity contribution is 0.578. The van der Waals surface area contributed by atoms with Gasteiger partial charge in [0.25, 0.3) is 0 Å². The molecule has 0 atom stereocenters. The van der Waals surface area contributed by atoms with Crippen molar-refractivity contribution in [2.45, 2.75) is 11.4 Å². The minimum absolute atomic E-state index is 0.0239. The highest BCUT2D eigenvalue weighted by molar-refractivity contribution is 7.89. The molecular formula is C12H10ClN5O2S. The Hall–Kier alpha value is -2.03. The second-order valence-corrected chi connectivity index (χ2v) is 6.34. The average molecular weight is 324 g/mol. The molecule has 108 valence electrons. The van der Waals surface area contributed by atoms with Gasteiger partial charge in [-0.05, 0) is 24.3 Å². The van der Waals surface area contributed by atoms with Crippen molar-refractivity contribution >= 4 is 27.3 Å². The first kappa shape index (κ1) is 13.9. The van der Waals surface area contributed by atoms with Gasteiger partial charge >= 0.3 is 0 Å². The average Bonchev–Trinajstić information content (AvgIpc) is 2.89. The number of sulfonamides is 1. The van der Waals surface area contributed by atoms with Gasteiger partial charge in [-0.1, -0.05) is 17.7 Å². The van der Waals surface area contributed by atoms with Gasteiger partial charge in [0, 0.05) is 12.4 Å².